The fraction of sp³-hybridized carbons (Fsp3) is 0.381. The van der Waals surface area contributed by atoms with E-state index in [-0.39, 0.29) is 24.5 Å². The van der Waals surface area contributed by atoms with Crippen LogP contribution < -0.4 is 4.74 Å². The van der Waals surface area contributed by atoms with Crippen molar-refractivity contribution in [3.05, 3.63) is 53.8 Å². The Balaban J connectivity index is 1.73. The topological polar surface area (TPSA) is 46.5 Å². The first-order chi connectivity index (χ1) is 12.8. The Hall–Kier alpha value is -2.50. The van der Waals surface area contributed by atoms with Gasteiger partial charge in [-0.15, -0.1) is 0 Å². The molecule has 1 N–H and O–H groups in total. The Kier molecular flexibility index (Phi) is 5.73. The number of carboxylic acid groups (broad SMARTS) is 1. The maximum absolute atomic E-state index is 14.2. The van der Waals surface area contributed by atoms with Crippen LogP contribution in [0.3, 0.4) is 0 Å². The van der Waals surface area contributed by atoms with Crippen molar-refractivity contribution in [1.82, 2.24) is 0 Å². The molecule has 144 valence electrons. The third-order valence-electron chi connectivity index (χ3n) is 4.75. The van der Waals surface area contributed by atoms with E-state index in [0.717, 1.165) is 19.3 Å². The maximum atomic E-state index is 14.2. The highest BCUT2D eigenvalue weighted by Crippen LogP contribution is 2.35. The van der Waals surface area contributed by atoms with Gasteiger partial charge >= 0.3 is 5.97 Å². The van der Waals surface area contributed by atoms with Crippen molar-refractivity contribution >= 4 is 5.97 Å². The Morgan fingerprint density at radius 2 is 1.81 bits per heavy atom. The summed E-state index contributed by atoms with van der Waals surface area (Å²) >= 11 is 0. The third-order valence-corrected chi connectivity index (χ3v) is 4.75. The molecule has 0 aliphatic heterocycles. The average molecular weight is 378 g/mol. The average Bonchev–Trinajstić information content (AvgIpc) is 2.57. The molecule has 2 aromatic carbocycles. The molecule has 0 heterocycles. The lowest BCUT2D eigenvalue weighted by atomic mass is 9.96. The molecule has 1 aliphatic carbocycles. The van der Waals surface area contributed by atoms with E-state index in [1.54, 1.807) is 6.07 Å². The monoisotopic (exact) mass is 378 g/mol. The van der Waals surface area contributed by atoms with Gasteiger partial charge < -0.3 is 9.84 Å². The summed E-state index contributed by atoms with van der Waals surface area (Å²) in [6.45, 7) is 0. The summed E-state index contributed by atoms with van der Waals surface area (Å²) in [5.74, 6) is -4.19. The number of carboxylic acids is 1. The van der Waals surface area contributed by atoms with Crippen molar-refractivity contribution in [3.8, 4) is 16.9 Å². The van der Waals surface area contributed by atoms with Gasteiger partial charge in [-0.2, -0.15) is 0 Å². The second kappa shape index (κ2) is 8.03. The number of rotatable bonds is 8. The molecule has 3 rings (SSSR count). The number of aliphatic carboxylic acids is 1. The highest BCUT2D eigenvalue weighted by Gasteiger charge is 2.31. The highest BCUT2D eigenvalue weighted by atomic mass is 19.3. The molecule has 0 saturated heterocycles. The standard InChI is InChI=1S/C21H21F3O3/c22-17-11-15(12-19(13-17)27-18-3-1-4-18)14-6-8-16(9-7-14)21(23,24)10-2-5-20(25)26/h6-9,11-13,18H,1-5,10H2,(H,25,26). The van der Waals surface area contributed by atoms with Crippen LogP contribution in [0.15, 0.2) is 42.5 Å². The van der Waals surface area contributed by atoms with Crippen molar-refractivity contribution in [2.75, 3.05) is 0 Å². The second-order valence-corrected chi connectivity index (χ2v) is 6.88. The second-order valence-electron chi connectivity index (χ2n) is 6.88. The summed E-state index contributed by atoms with van der Waals surface area (Å²) in [5.41, 5.74) is 0.988. The minimum atomic E-state index is -3.10. The summed E-state index contributed by atoms with van der Waals surface area (Å²) in [4.78, 5) is 10.5. The predicted octanol–water partition coefficient (Wildman–Crippen LogP) is 5.77. The van der Waals surface area contributed by atoms with E-state index in [1.807, 2.05) is 0 Å². The van der Waals surface area contributed by atoms with E-state index in [9.17, 15) is 18.0 Å². The quantitative estimate of drug-likeness (QED) is 0.634. The van der Waals surface area contributed by atoms with Gasteiger partial charge in [0.05, 0.1) is 6.10 Å². The Morgan fingerprint density at radius 3 is 2.41 bits per heavy atom. The van der Waals surface area contributed by atoms with E-state index >= 15 is 0 Å². The predicted molar refractivity (Wildman–Crippen MR) is 95.5 cm³/mol. The van der Waals surface area contributed by atoms with Crippen LogP contribution >= 0.6 is 0 Å². The molecule has 1 saturated carbocycles. The number of alkyl halides is 2. The van der Waals surface area contributed by atoms with E-state index in [0.29, 0.717) is 16.9 Å². The van der Waals surface area contributed by atoms with E-state index in [1.165, 1.54) is 36.4 Å². The lowest BCUT2D eigenvalue weighted by molar-refractivity contribution is -0.137. The smallest absolute Gasteiger partial charge is 0.303 e. The van der Waals surface area contributed by atoms with E-state index in [2.05, 4.69) is 0 Å². The number of halogens is 3. The zero-order valence-electron chi connectivity index (χ0n) is 14.8. The first-order valence-electron chi connectivity index (χ1n) is 9.01. The molecule has 0 spiro atoms. The normalized spacial score (nSPS) is 14.6. The van der Waals surface area contributed by atoms with Gasteiger partial charge in [-0.1, -0.05) is 24.3 Å². The van der Waals surface area contributed by atoms with Gasteiger partial charge in [-0.25, -0.2) is 13.2 Å². The van der Waals surface area contributed by atoms with E-state index < -0.39 is 24.1 Å². The molecule has 0 bridgehead atoms. The van der Waals surface area contributed by atoms with Gasteiger partial charge in [0.1, 0.15) is 11.6 Å². The van der Waals surface area contributed by atoms with Crippen LogP contribution in [0.1, 0.15) is 44.1 Å². The molecule has 3 nitrogen and oxygen atoms in total. The molecule has 0 atom stereocenters. The molecule has 0 aromatic heterocycles. The van der Waals surface area contributed by atoms with Crippen molar-refractivity contribution in [1.29, 1.82) is 0 Å². The molecule has 2 aromatic rings. The third kappa shape index (κ3) is 5.02. The lowest BCUT2D eigenvalue weighted by Crippen LogP contribution is -2.24. The summed E-state index contributed by atoms with van der Waals surface area (Å²) < 4.78 is 48.0. The van der Waals surface area contributed by atoms with Crippen molar-refractivity contribution in [3.63, 3.8) is 0 Å². The van der Waals surface area contributed by atoms with Crippen molar-refractivity contribution in [2.24, 2.45) is 0 Å². The van der Waals surface area contributed by atoms with Crippen LogP contribution in [-0.4, -0.2) is 17.2 Å². The van der Waals surface area contributed by atoms with Gasteiger partial charge in [0.15, 0.2) is 0 Å². The van der Waals surface area contributed by atoms with Gasteiger partial charge in [-0.05, 0) is 48.9 Å². The number of carbonyl (C=O) groups is 1. The molecule has 0 radical (unpaired) electrons. The minimum Gasteiger partial charge on any atom is -0.490 e. The molecule has 27 heavy (non-hydrogen) atoms. The number of hydrogen-bond acceptors (Lipinski definition) is 2. The van der Waals surface area contributed by atoms with Crippen LogP contribution in [0.2, 0.25) is 0 Å². The van der Waals surface area contributed by atoms with Gasteiger partial charge in [0, 0.05) is 24.5 Å². The van der Waals surface area contributed by atoms with Crippen LogP contribution in [0, 0.1) is 5.82 Å². The lowest BCUT2D eigenvalue weighted by Gasteiger charge is -2.26. The Bertz CT molecular complexity index is 799. The first kappa shape index (κ1) is 19.3. The number of hydrogen-bond donors (Lipinski definition) is 1. The number of ether oxygens (including phenoxy) is 1. The van der Waals surface area contributed by atoms with Gasteiger partial charge in [0.2, 0.25) is 0 Å². The number of benzene rings is 2. The highest BCUT2D eigenvalue weighted by molar-refractivity contribution is 5.67. The maximum Gasteiger partial charge on any atom is 0.303 e. The summed E-state index contributed by atoms with van der Waals surface area (Å²) in [6, 6.07) is 10.0. The van der Waals surface area contributed by atoms with Crippen molar-refractivity contribution < 1.29 is 27.8 Å². The minimum absolute atomic E-state index is 0.101. The summed E-state index contributed by atoms with van der Waals surface area (Å²) in [6.07, 6.45) is 2.21. The van der Waals surface area contributed by atoms with Crippen LogP contribution in [0.5, 0.6) is 5.75 Å². The van der Waals surface area contributed by atoms with Crippen LogP contribution in [0.4, 0.5) is 13.2 Å². The molecule has 1 fully saturated rings. The largest absolute Gasteiger partial charge is 0.490 e. The van der Waals surface area contributed by atoms with Crippen LogP contribution in [-0.2, 0) is 10.7 Å². The van der Waals surface area contributed by atoms with Gasteiger partial charge in [-0.3, -0.25) is 4.79 Å². The molecule has 0 amide bonds. The fourth-order valence-corrected chi connectivity index (χ4v) is 2.99. The molecule has 1 aliphatic rings. The van der Waals surface area contributed by atoms with Crippen molar-refractivity contribution in [2.45, 2.75) is 50.6 Å². The van der Waals surface area contributed by atoms with E-state index in [4.69, 9.17) is 9.84 Å². The zero-order chi connectivity index (χ0) is 19.4. The molecule has 6 heteroatoms. The Labute approximate surface area is 155 Å². The summed E-state index contributed by atoms with van der Waals surface area (Å²) in [5, 5.41) is 8.58. The molecular weight excluding hydrogens is 357 g/mol. The van der Waals surface area contributed by atoms with Crippen LogP contribution in [0.25, 0.3) is 11.1 Å². The first-order valence-corrected chi connectivity index (χ1v) is 9.01. The van der Waals surface area contributed by atoms with Gasteiger partial charge in [0.25, 0.3) is 5.92 Å². The molecular formula is C21H21F3O3. The SMILES string of the molecule is O=C(O)CCCC(F)(F)c1ccc(-c2cc(F)cc(OC3CCC3)c2)cc1. The molecule has 0 unspecified atom stereocenters. The Morgan fingerprint density at radius 1 is 1.11 bits per heavy atom. The summed E-state index contributed by atoms with van der Waals surface area (Å²) in [7, 11) is 0. The zero-order valence-corrected chi connectivity index (χ0v) is 14.8. The fourth-order valence-electron chi connectivity index (χ4n) is 2.99.